The molecule has 0 radical (unpaired) electrons. The van der Waals surface area contributed by atoms with Crippen LogP contribution in [-0.4, -0.2) is 20.6 Å². The molecule has 14 heavy (non-hydrogen) atoms. The first-order valence-corrected chi connectivity index (χ1v) is 5.92. The Kier molecular flexibility index (Phi) is 3.35. The number of phenols is 1. The summed E-state index contributed by atoms with van der Waals surface area (Å²) >= 11 is 3.16. The molecule has 0 aliphatic heterocycles. The van der Waals surface area contributed by atoms with Gasteiger partial charge in [-0.25, -0.2) is 4.72 Å². The highest BCUT2D eigenvalue weighted by molar-refractivity contribution is 9.10. The van der Waals surface area contributed by atoms with E-state index in [0.29, 0.717) is 4.47 Å². The molecule has 0 saturated heterocycles. The first-order valence-electron chi connectivity index (χ1n) is 3.64. The molecule has 5 nitrogen and oxygen atoms in total. The van der Waals surface area contributed by atoms with Crippen molar-refractivity contribution in [3.05, 3.63) is 22.7 Å². The van der Waals surface area contributed by atoms with Gasteiger partial charge in [-0.2, -0.15) is 8.42 Å². The summed E-state index contributed by atoms with van der Waals surface area (Å²) in [6.07, 6.45) is 0. The van der Waals surface area contributed by atoms with E-state index >= 15 is 0 Å². The fourth-order valence-electron chi connectivity index (χ4n) is 0.786. The van der Waals surface area contributed by atoms with Gasteiger partial charge in [0.15, 0.2) is 0 Å². The number of nitrogens with one attached hydrogen (secondary N) is 2. The molecule has 0 unspecified atom stereocenters. The highest BCUT2D eigenvalue weighted by atomic mass is 79.9. The summed E-state index contributed by atoms with van der Waals surface area (Å²) in [5.74, 6) is -0.132. The van der Waals surface area contributed by atoms with Crippen LogP contribution in [0.1, 0.15) is 0 Å². The molecule has 1 aromatic rings. The Hall–Kier alpha value is -0.790. The van der Waals surface area contributed by atoms with E-state index in [9.17, 15) is 13.5 Å². The van der Waals surface area contributed by atoms with Crippen molar-refractivity contribution >= 4 is 31.8 Å². The molecular weight excluding hydrogens is 272 g/mol. The van der Waals surface area contributed by atoms with Crippen molar-refractivity contribution < 1.29 is 13.5 Å². The molecule has 0 aromatic heterocycles. The smallest absolute Gasteiger partial charge is 0.298 e. The third-order valence-corrected chi connectivity index (χ3v) is 2.99. The molecule has 0 fully saturated rings. The Morgan fingerprint density at radius 1 is 1.43 bits per heavy atom. The normalized spacial score (nSPS) is 11.3. The molecule has 0 saturated carbocycles. The van der Waals surface area contributed by atoms with Crippen molar-refractivity contribution in [2.75, 3.05) is 11.8 Å². The lowest BCUT2D eigenvalue weighted by molar-refractivity contribution is 0.477. The first kappa shape index (κ1) is 11.3. The lowest BCUT2D eigenvalue weighted by atomic mass is 10.3. The molecule has 0 amide bonds. The van der Waals surface area contributed by atoms with Crippen molar-refractivity contribution in [2.24, 2.45) is 0 Å². The fraction of sp³-hybridized carbons (Fsp3) is 0.143. The molecule has 3 N–H and O–H groups in total. The van der Waals surface area contributed by atoms with Gasteiger partial charge in [0.2, 0.25) is 0 Å². The first-order chi connectivity index (χ1) is 6.44. The summed E-state index contributed by atoms with van der Waals surface area (Å²) < 4.78 is 27.1. The van der Waals surface area contributed by atoms with Gasteiger partial charge in [-0.05, 0) is 18.2 Å². The third-order valence-electron chi connectivity index (χ3n) is 1.47. The molecule has 0 bridgehead atoms. The van der Waals surface area contributed by atoms with E-state index in [1.165, 1.54) is 19.2 Å². The lowest BCUT2D eigenvalue weighted by Gasteiger charge is -2.08. The summed E-state index contributed by atoms with van der Waals surface area (Å²) in [4.78, 5) is 0. The van der Waals surface area contributed by atoms with E-state index in [1.54, 1.807) is 6.07 Å². The van der Waals surface area contributed by atoms with Crippen LogP contribution in [0, 0.1) is 0 Å². The number of halogens is 1. The van der Waals surface area contributed by atoms with Crippen LogP contribution in [0.2, 0.25) is 0 Å². The van der Waals surface area contributed by atoms with E-state index in [4.69, 9.17) is 0 Å². The van der Waals surface area contributed by atoms with E-state index in [1.807, 2.05) is 0 Å². The monoisotopic (exact) mass is 280 g/mol. The minimum atomic E-state index is -3.59. The average Bonchev–Trinajstić information content (AvgIpc) is 2.11. The summed E-state index contributed by atoms with van der Waals surface area (Å²) in [5.41, 5.74) is 0.119. The van der Waals surface area contributed by atoms with Gasteiger partial charge in [-0.3, -0.25) is 4.72 Å². The van der Waals surface area contributed by atoms with Crippen LogP contribution in [0.25, 0.3) is 0 Å². The maximum absolute atomic E-state index is 11.1. The summed E-state index contributed by atoms with van der Waals surface area (Å²) in [7, 11) is -2.32. The number of hydrogen-bond acceptors (Lipinski definition) is 3. The van der Waals surface area contributed by atoms with Crippen molar-refractivity contribution in [2.45, 2.75) is 0 Å². The molecule has 0 aliphatic carbocycles. The molecule has 1 aromatic carbocycles. The van der Waals surface area contributed by atoms with Crippen LogP contribution in [0.3, 0.4) is 0 Å². The lowest BCUT2D eigenvalue weighted by Crippen LogP contribution is -2.26. The van der Waals surface area contributed by atoms with Gasteiger partial charge in [0, 0.05) is 11.5 Å². The number of benzene rings is 1. The maximum atomic E-state index is 11.1. The highest BCUT2D eigenvalue weighted by Crippen LogP contribution is 2.27. The van der Waals surface area contributed by atoms with Gasteiger partial charge in [-0.15, -0.1) is 0 Å². The minimum Gasteiger partial charge on any atom is -0.506 e. The largest absolute Gasteiger partial charge is 0.506 e. The van der Waals surface area contributed by atoms with Crippen molar-refractivity contribution in [3.63, 3.8) is 0 Å². The molecule has 1 rings (SSSR count). The Balaban J connectivity index is 3.03. The van der Waals surface area contributed by atoms with E-state index < -0.39 is 10.2 Å². The van der Waals surface area contributed by atoms with Gasteiger partial charge in [0.1, 0.15) is 5.75 Å². The molecule has 0 spiro atoms. The Morgan fingerprint density at radius 2 is 2.07 bits per heavy atom. The van der Waals surface area contributed by atoms with Gasteiger partial charge in [0.05, 0.1) is 5.69 Å². The average molecular weight is 281 g/mol. The second-order valence-corrected chi connectivity index (χ2v) is 5.01. The predicted molar refractivity (Wildman–Crippen MR) is 57.4 cm³/mol. The summed E-state index contributed by atoms with van der Waals surface area (Å²) in [6, 6.07) is 4.45. The van der Waals surface area contributed by atoms with Gasteiger partial charge < -0.3 is 5.11 Å². The summed E-state index contributed by atoms with van der Waals surface area (Å²) in [5, 5.41) is 9.32. The second kappa shape index (κ2) is 4.16. The number of anilines is 1. The maximum Gasteiger partial charge on any atom is 0.298 e. The van der Waals surface area contributed by atoms with E-state index in [0.717, 1.165) is 0 Å². The molecule has 0 aliphatic rings. The van der Waals surface area contributed by atoms with Crippen LogP contribution in [0.4, 0.5) is 5.69 Å². The molecular formula is C7H9BrN2O3S. The number of hydrogen-bond donors (Lipinski definition) is 3. The second-order valence-electron chi connectivity index (χ2n) is 2.47. The fourth-order valence-corrected chi connectivity index (χ4v) is 1.70. The summed E-state index contributed by atoms with van der Waals surface area (Å²) in [6.45, 7) is 0. The number of phenolic OH excluding ortho intramolecular Hbond substituents is 1. The van der Waals surface area contributed by atoms with Crippen molar-refractivity contribution in [1.29, 1.82) is 0 Å². The van der Waals surface area contributed by atoms with Crippen LogP contribution in [-0.2, 0) is 10.2 Å². The minimum absolute atomic E-state index is 0.119. The number of rotatable bonds is 3. The van der Waals surface area contributed by atoms with E-state index in [2.05, 4.69) is 25.4 Å². The van der Waals surface area contributed by atoms with Crippen LogP contribution in [0.15, 0.2) is 22.7 Å². The SMILES string of the molecule is CNS(=O)(=O)Nc1cc(Br)ccc1O. The molecule has 7 heteroatoms. The van der Waals surface area contributed by atoms with Gasteiger partial charge >= 0.3 is 0 Å². The Bertz CT molecular complexity index is 433. The number of aromatic hydroxyl groups is 1. The van der Waals surface area contributed by atoms with Crippen LogP contribution < -0.4 is 9.44 Å². The zero-order valence-corrected chi connectivity index (χ0v) is 9.68. The van der Waals surface area contributed by atoms with Crippen LogP contribution >= 0.6 is 15.9 Å². The van der Waals surface area contributed by atoms with E-state index in [-0.39, 0.29) is 11.4 Å². The van der Waals surface area contributed by atoms with Crippen LogP contribution in [0.5, 0.6) is 5.75 Å². The van der Waals surface area contributed by atoms with Gasteiger partial charge in [0.25, 0.3) is 10.2 Å². The third kappa shape index (κ3) is 2.86. The Labute approximate surface area is 90.5 Å². The quantitative estimate of drug-likeness (QED) is 0.724. The highest BCUT2D eigenvalue weighted by Gasteiger charge is 2.09. The van der Waals surface area contributed by atoms with Crippen molar-refractivity contribution in [1.82, 2.24) is 4.72 Å². The standard InChI is InChI=1S/C7H9BrN2O3S/c1-9-14(12,13)10-6-4-5(8)2-3-7(6)11/h2-4,9-11H,1H3. The van der Waals surface area contributed by atoms with Crippen molar-refractivity contribution in [3.8, 4) is 5.75 Å². The zero-order valence-electron chi connectivity index (χ0n) is 7.28. The predicted octanol–water partition coefficient (Wildman–Crippen LogP) is 1.03. The molecule has 0 heterocycles. The zero-order chi connectivity index (χ0) is 10.8. The van der Waals surface area contributed by atoms with Gasteiger partial charge in [-0.1, -0.05) is 15.9 Å². The topological polar surface area (TPSA) is 78.4 Å². The molecule has 0 atom stereocenters. The Morgan fingerprint density at radius 3 is 2.64 bits per heavy atom. The molecule has 78 valence electrons.